The number of ketones is 1. The molecule has 3 nitrogen and oxygen atoms in total. The van der Waals surface area contributed by atoms with E-state index in [0.717, 1.165) is 0 Å². The molecule has 2 aromatic rings. The largest absolute Gasteiger partial charge is 0.292 e. The van der Waals surface area contributed by atoms with Crippen LogP contribution in [-0.4, -0.2) is 15.8 Å². The molecule has 0 saturated carbocycles. The number of Topliss-reactive ketones (excluding diaryl/α,β-unsaturated/α-hetero) is 1. The van der Waals surface area contributed by atoms with Gasteiger partial charge in [-0.15, -0.1) is 11.6 Å². The van der Waals surface area contributed by atoms with Gasteiger partial charge in [0.25, 0.3) is 0 Å². The van der Waals surface area contributed by atoms with Crippen molar-refractivity contribution in [2.45, 2.75) is 5.38 Å². The molecule has 1 heterocycles. The van der Waals surface area contributed by atoms with Gasteiger partial charge in [0.05, 0.1) is 5.02 Å². The highest BCUT2D eigenvalue weighted by molar-refractivity contribution is 6.33. The molecule has 5 heteroatoms. The molecule has 0 aliphatic heterocycles. The molecule has 0 radical (unpaired) electrons. The first kappa shape index (κ1) is 12.0. The average molecular weight is 267 g/mol. The average Bonchev–Trinajstić information content (AvgIpc) is 2.39. The third-order valence-corrected chi connectivity index (χ3v) is 2.74. The highest BCUT2D eigenvalue weighted by atomic mass is 35.5. The van der Waals surface area contributed by atoms with Crippen molar-refractivity contribution in [3.8, 4) is 0 Å². The normalized spacial score (nSPS) is 12.1. The van der Waals surface area contributed by atoms with Crippen molar-refractivity contribution < 1.29 is 4.79 Å². The van der Waals surface area contributed by atoms with E-state index >= 15 is 0 Å². The molecule has 86 valence electrons. The van der Waals surface area contributed by atoms with Crippen molar-refractivity contribution in [2.75, 3.05) is 0 Å². The first-order valence-corrected chi connectivity index (χ1v) is 5.70. The lowest BCUT2D eigenvalue weighted by Gasteiger charge is -2.06. The SMILES string of the molecule is O=C(c1ccccc1)C(Cl)c1ncc(Cl)cn1. The molecule has 1 unspecified atom stereocenters. The van der Waals surface area contributed by atoms with E-state index in [4.69, 9.17) is 23.2 Å². The van der Waals surface area contributed by atoms with E-state index in [0.29, 0.717) is 10.6 Å². The fourth-order valence-corrected chi connectivity index (χ4v) is 1.66. The maximum absolute atomic E-state index is 12.0. The minimum atomic E-state index is -0.894. The van der Waals surface area contributed by atoms with Crippen LogP contribution >= 0.6 is 23.2 Å². The molecule has 0 fully saturated rings. The molecule has 17 heavy (non-hydrogen) atoms. The summed E-state index contributed by atoms with van der Waals surface area (Å²) in [6.45, 7) is 0. The number of halogens is 2. The van der Waals surface area contributed by atoms with Crippen LogP contribution in [0.15, 0.2) is 42.7 Å². The zero-order valence-electron chi connectivity index (χ0n) is 8.68. The second kappa shape index (κ2) is 5.25. The van der Waals surface area contributed by atoms with E-state index in [9.17, 15) is 4.79 Å². The molecule has 0 amide bonds. The maximum atomic E-state index is 12.0. The van der Waals surface area contributed by atoms with Crippen molar-refractivity contribution in [1.82, 2.24) is 9.97 Å². The summed E-state index contributed by atoms with van der Waals surface area (Å²) in [5.74, 6) is 0.0273. The first-order valence-electron chi connectivity index (χ1n) is 4.89. The number of hydrogen-bond acceptors (Lipinski definition) is 3. The summed E-state index contributed by atoms with van der Waals surface area (Å²) >= 11 is 11.7. The summed E-state index contributed by atoms with van der Waals surface area (Å²) in [7, 11) is 0. The lowest BCUT2D eigenvalue weighted by atomic mass is 10.1. The van der Waals surface area contributed by atoms with Gasteiger partial charge in [0.15, 0.2) is 17.0 Å². The first-order chi connectivity index (χ1) is 8.18. The Morgan fingerprint density at radius 3 is 2.29 bits per heavy atom. The molecule has 0 bridgehead atoms. The second-order valence-electron chi connectivity index (χ2n) is 3.35. The monoisotopic (exact) mass is 266 g/mol. The predicted octanol–water partition coefficient (Wildman–Crippen LogP) is 3.29. The molecule has 0 aliphatic rings. The summed E-state index contributed by atoms with van der Waals surface area (Å²) in [4.78, 5) is 19.8. The number of alkyl halides is 1. The highest BCUT2D eigenvalue weighted by Gasteiger charge is 2.21. The third kappa shape index (κ3) is 2.81. The molecule has 1 aromatic heterocycles. The fraction of sp³-hybridized carbons (Fsp3) is 0.0833. The molecule has 1 aromatic carbocycles. The van der Waals surface area contributed by atoms with Gasteiger partial charge in [-0.1, -0.05) is 41.9 Å². The molecule has 0 N–H and O–H groups in total. The van der Waals surface area contributed by atoms with Crippen molar-refractivity contribution in [3.63, 3.8) is 0 Å². The molecule has 2 rings (SSSR count). The van der Waals surface area contributed by atoms with Crippen LogP contribution in [0.4, 0.5) is 0 Å². The number of carbonyl (C=O) groups is 1. The van der Waals surface area contributed by atoms with Crippen LogP contribution < -0.4 is 0 Å². The summed E-state index contributed by atoms with van der Waals surface area (Å²) in [5.41, 5.74) is 0.533. The van der Waals surface area contributed by atoms with Gasteiger partial charge in [0, 0.05) is 18.0 Å². The van der Waals surface area contributed by atoms with Crippen LogP contribution in [0.25, 0.3) is 0 Å². The number of hydrogen-bond donors (Lipinski definition) is 0. The zero-order valence-corrected chi connectivity index (χ0v) is 10.2. The Labute approximate surface area is 108 Å². The maximum Gasteiger partial charge on any atom is 0.188 e. The van der Waals surface area contributed by atoms with E-state index in [2.05, 4.69) is 9.97 Å². The minimum absolute atomic E-state index is 0.227. The van der Waals surface area contributed by atoms with Crippen molar-refractivity contribution in [3.05, 3.63) is 59.1 Å². The summed E-state index contributed by atoms with van der Waals surface area (Å²) in [5, 5.41) is -0.487. The van der Waals surface area contributed by atoms with Crippen molar-refractivity contribution in [2.24, 2.45) is 0 Å². The van der Waals surface area contributed by atoms with Crippen LogP contribution in [0.5, 0.6) is 0 Å². The predicted molar refractivity (Wildman–Crippen MR) is 66.4 cm³/mol. The number of carbonyl (C=O) groups excluding carboxylic acids is 1. The highest BCUT2D eigenvalue weighted by Crippen LogP contribution is 2.22. The van der Waals surface area contributed by atoms with Gasteiger partial charge in [-0.2, -0.15) is 0 Å². The molecule has 0 aliphatic carbocycles. The van der Waals surface area contributed by atoms with Gasteiger partial charge in [0.1, 0.15) is 0 Å². The Balaban J connectivity index is 2.23. The van der Waals surface area contributed by atoms with Crippen molar-refractivity contribution in [1.29, 1.82) is 0 Å². The lowest BCUT2D eigenvalue weighted by molar-refractivity contribution is 0.0984. The zero-order chi connectivity index (χ0) is 12.3. The minimum Gasteiger partial charge on any atom is -0.292 e. The summed E-state index contributed by atoms with van der Waals surface area (Å²) in [6, 6.07) is 8.79. The molecule has 1 atom stereocenters. The lowest BCUT2D eigenvalue weighted by Crippen LogP contribution is -2.10. The Morgan fingerprint density at radius 1 is 1.12 bits per heavy atom. The van der Waals surface area contributed by atoms with Gasteiger partial charge in [-0.3, -0.25) is 4.79 Å². The molecule has 0 spiro atoms. The van der Waals surface area contributed by atoms with Crippen LogP contribution in [0.3, 0.4) is 0 Å². The van der Waals surface area contributed by atoms with Crippen molar-refractivity contribution >= 4 is 29.0 Å². The van der Waals surface area contributed by atoms with Gasteiger partial charge in [0.2, 0.25) is 0 Å². The van der Waals surface area contributed by atoms with E-state index < -0.39 is 5.38 Å². The second-order valence-corrected chi connectivity index (χ2v) is 4.23. The molecule has 0 saturated heterocycles. The Morgan fingerprint density at radius 2 is 1.71 bits per heavy atom. The van der Waals surface area contributed by atoms with Gasteiger partial charge < -0.3 is 0 Å². The summed E-state index contributed by atoms with van der Waals surface area (Å²) < 4.78 is 0. The molecular weight excluding hydrogens is 259 g/mol. The topological polar surface area (TPSA) is 42.9 Å². The Kier molecular flexibility index (Phi) is 3.71. The number of nitrogens with zero attached hydrogens (tertiary/aromatic N) is 2. The van der Waals surface area contributed by atoms with Gasteiger partial charge in [-0.25, -0.2) is 9.97 Å². The standard InChI is InChI=1S/C12H8Cl2N2O/c13-9-6-15-12(16-7-9)10(14)11(17)8-4-2-1-3-5-8/h1-7,10H. The van der Waals surface area contributed by atoms with Crippen LogP contribution in [0.2, 0.25) is 5.02 Å². The van der Waals surface area contributed by atoms with E-state index in [1.54, 1.807) is 24.3 Å². The Hall–Kier alpha value is -1.45. The summed E-state index contributed by atoms with van der Waals surface area (Å²) in [6.07, 6.45) is 2.83. The van der Waals surface area contributed by atoms with Crippen LogP contribution in [0, 0.1) is 0 Å². The van der Waals surface area contributed by atoms with Crippen LogP contribution in [-0.2, 0) is 0 Å². The Bertz CT molecular complexity index is 514. The van der Waals surface area contributed by atoms with Crippen LogP contribution in [0.1, 0.15) is 21.6 Å². The van der Waals surface area contributed by atoms with E-state index in [1.165, 1.54) is 12.4 Å². The molecular formula is C12H8Cl2N2O. The van der Waals surface area contributed by atoms with Gasteiger partial charge in [-0.05, 0) is 0 Å². The quantitative estimate of drug-likeness (QED) is 0.633. The number of rotatable bonds is 3. The number of aromatic nitrogens is 2. The van der Waals surface area contributed by atoms with Gasteiger partial charge >= 0.3 is 0 Å². The third-order valence-electron chi connectivity index (χ3n) is 2.16. The number of benzene rings is 1. The smallest absolute Gasteiger partial charge is 0.188 e. The van der Waals surface area contributed by atoms with E-state index in [1.807, 2.05) is 6.07 Å². The fourth-order valence-electron chi connectivity index (χ4n) is 1.32. The van der Waals surface area contributed by atoms with E-state index in [-0.39, 0.29) is 11.6 Å².